The molecule has 0 saturated heterocycles. The van der Waals surface area contributed by atoms with Crippen molar-refractivity contribution in [2.24, 2.45) is 7.05 Å². The third-order valence-electron chi connectivity index (χ3n) is 4.05. The highest BCUT2D eigenvalue weighted by atomic mass is 79.9. The van der Waals surface area contributed by atoms with Gasteiger partial charge in [0.05, 0.1) is 16.4 Å². The molecule has 1 N–H and O–H groups in total. The largest absolute Gasteiger partial charge is 0.366 e. The number of aryl methyl sites for hydroxylation is 1. The van der Waals surface area contributed by atoms with Crippen molar-refractivity contribution in [1.82, 2.24) is 14.6 Å². The minimum Gasteiger partial charge on any atom is -0.366 e. The van der Waals surface area contributed by atoms with E-state index in [1.165, 1.54) is 6.07 Å². The van der Waals surface area contributed by atoms with Crippen LogP contribution in [0.2, 0.25) is 0 Å². The molecule has 0 fully saturated rings. The molecule has 0 unspecified atom stereocenters. The van der Waals surface area contributed by atoms with Crippen LogP contribution in [0.1, 0.15) is 5.56 Å². The van der Waals surface area contributed by atoms with Gasteiger partial charge in [-0.3, -0.25) is 0 Å². The summed E-state index contributed by atoms with van der Waals surface area (Å²) in [6, 6.07) is 12.5. The molecule has 26 heavy (non-hydrogen) atoms. The Bertz CT molecular complexity index is 1090. The quantitative estimate of drug-likeness (QED) is 0.519. The Labute approximate surface area is 158 Å². The Morgan fingerprint density at radius 1 is 1.23 bits per heavy atom. The first-order chi connectivity index (χ1) is 12.6. The van der Waals surface area contributed by atoms with Gasteiger partial charge in [-0.15, -0.1) is 0 Å². The second-order valence-corrected chi connectivity index (χ2v) is 6.82. The molecule has 0 amide bonds. The monoisotopic (exact) mass is 412 g/mol. The van der Waals surface area contributed by atoms with Crippen LogP contribution in [-0.2, 0) is 13.6 Å². The van der Waals surface area contributed by atoms with E-state index in [-0.39, 0.29) is 5.82 Å². The predicted molar refractivity (Wildman–Crippen MR) is 101 cm³/mol. The fraction of sp³-hybridized carbons (Fsp3) is 0.105. The zero-order valence-corrected chi connectivity index (χ0v) is 15.6. The van der Waals surface area contributed by atoms with E-state index in [4.69, 9.17) is 0 Å². The first-order valence-electron chi connectivity index (χ1n) is 8.09. The number of nitrogens with one attached hydrogen (secondary N) is 1. The summed E-state index contributed by atoms with van der Waals surface area (Å²) in [7, 11) is 1.98. The molecule has 0 saturated carbocycles. The maximum atomic E-state index is 14.2. The topological polar surface area (TPSA) is 46.1 Å². The van der Waals surface area contributed by atoms with E-state index in [9.17, 15) is 4.39 Å². The van der Waals surface area contributed by atoms with Crippen LogP contribution in [0.15, 0.2) is 65.5 Å². The van der Waals surface area contributed by atoms with E-state index in [0.717, 1.165) is 15.9 Å². The maximum absolute atomic E-state index is 14.2. The normalized spacial score (nSPS) is 11.0. The second kappa shape index (κ2) is 6.84. The number of aromatic nitrogens is 4. The van der Waals surface area contributed by atoms with Crippen LogP contribution in [0.5, 0.6) is 0 Å². The molecule has 5 nitrogen and oxygen atoms in total. The summed E-state index contributed by atoms with van der Waals surface area (Å²) in [4.78, 5) is 4.57. The fourth-order valence-corrected chi connectivity index (χ4v) is 3.16. The zero-order chi connectivity index (χ0) is 18.1. The Kier molecular flexibility index (Phi) is 4.38. The third kappa shape index (κ3) is 3.17. The van der Waals surface area contributed by atoms with E-state index in [1.54, 1.807) is 28.9 Å². The van der Waals surface area contributed by atoms with Crippen molar-refractivity contribution in [3.63, 3.8) is 0 Å². The van der Waals surface area contributed by atoms with E-state index < -0.39 is 0 Å². The van der Waals surface area contributed by atoms with E-state index in [1.807, 2.05) is 42.2 Å². The van der Waals surface area contributed by atoms with Gasteiger partial charge in [-0.2, -0.15) is 9.61 Å². The van der Waals surface area contributed by atoms with Gasteiger partial charge in [0.2, 0.25) is 0 Å². The fourth-order valence-electron chi connectivity index (χ4n) is 2.82. The summed E-state index contributed by atoms with van der Waals surface area (Å²) in [6.07, 6.45) is 5.71. The predicted octanol–water partition coefficient (Wildman–Crippen LogP) is 3.73. The highest BCUT2D eigenvalue weighted by molar-refractivity contribution is 9.10. The molecule has 7 heteroatoms. The van der Waals surface area contributed by atoms with E-state index in [2.05, 4.69) is 31.3 Å². The lowest BCUT2D eigenvalue weighted by Gasteiger charge is -2.11. The van der Waals surface area contributed by atoms with Gasteiger partial charge in [-0.1, -0.05) is 12.1 Å². The Morgan fingerprint density at radius 3 is 2.88 bits per heavy atom. The summed E-state index contributed by atoms with van der Waals surface area (Å²) >= 11 is 3.46. The van der Waals surface area contributed by atoms with Crippen LogP contribution in [-0.4, -0.2) is 14.6 Å². The first kappa shape index (κ1) is 16.7. The maximum Gasteiger partial charge on any atom is 0.173 e. The van der Waals surface area contributed by atoms with Crippen molar-refractivity contribution in [3.05, 3.63) is 76.9 Å². The average Bonchev–Trinajstić information content (AvgIpc) is 3.01. The Morgan fingerprint density at radius 2 is 2.08 bits per heavy atom. The summed E-state index contributed by atoms with van der Waals surface area (Å²) < 4.78 is 18.7. The van der Waals surface area contributed by atoms with Gasteiger partial charge in [-0.05, 0) is 34.1 Å². The summed E-state index contributed by atoms with van der Waals surface area (Å²) in [5.41, 5.74) is 2.76. The first-order valence-corrected chi connectivity index (χ1v) is 8.88. The molecule has 4 rings (SSSR count). The molecule has 0 radical (unpaired) electrons. The second-order valence-electron chi connectivity index (χ2n) is 5.97. The van der Waals surface area contributed by atoms with Crippen LogP contribution < -0.4 is 9.88 Å². The Hall–Kier alpha value is -2.80. The van der Waals surface area contributed by atoms with Crippen LogP contribution >= 0.6 is 15.9 Å². The van der Waals surface area contributed by atoms with Crippen molar-refractivity contribution in [2.45, 2.75) is 6.54 Å². The van der Waals surface area contributed by atoms with Crippen LogP contribution in [0.3, 0.4) is 0 Å². The van der Waals surface area contributed by atoms with Gasteiger partial charge in [0, 0.05) is 29.8 Å². The Balaban J connectivity index is 1.77. The molecule has 0 aliphatic heterocycles. The van der Waals surface area contributed by atoms with E-state index >= 15 is 0 Å². The zero-order valence-electron chi connectivity index (χ0n) is 14.0. The molecule has 0 aliphatic carbocycles. The summed E-state index contributed by atoms with van der Waals surface area (Å²) in [5.74, 6) is 0.437. The lowest BCUT2D eigenvalue weighted by atomic mass is 10.1. The van der Waals surface area contributed by atoms with Crippen molar-refractivity contribution in [3.8, 4) is 11.3 Å². The number of hydrogen-bond donors (Lipinski definition) is 1. The number of fused-ring (bicyclic) bond motifs is 1. The molecule has 4 aromatic rings. The van der Waals surface area contributed by atoms with Crippen molar-refractivity contribution >= 4 is 27.4 Å². The highest BCUT2D eigenvalue weighted by Gasteiger charge is 2.14. The number of nitrogens with zero attached hydrogens (tertiary/aromatic N) is 4. The van der Waals surface area contributed by atoms with Gasteiger partial charge >= 0.3 is 0 Å². The van der Waals surface area contributed by atoms with Gasteiger partial charge in [-0.25, -0.2) is 13.9 Å². The number of hydrogen-bond acceptors (Lipinski definition) is 3. The molecule has 3 heterocycles. The number of benzene rings is 1. The van der Waals surface area contributed by atoms with Crippen LogP contribution in [0, 0.1) is 5.82 Å². The van der Waals surface area contributed by atoms with Gasteiger partial charge < -0.3 is 5.32 Å². The molecule has 1 aromatic carbocycles. The minimum atomic E-state index is -0.305. The molecular formula is C19H16BrFN5+. The molecular weight excluding hydrogens is 397 g/mol. The number of anilines is 1. The highest BCUT2D eigenvalue weighted by Crippen LogP contribution is 2.27. The van der Waals surface area contributed by atoms with Crippen molar-refractivity contribution < 1.29 is 8.96 Å². The van der Waals surface area contributed by atoms with Gasteiger partial charge in [0.1, 0.15) is 18.7 Å². The molecule has 0 spiro atoms. The van der Waals surface area contributed by atoms with Crippen molar-refractivity contribution in [1.29, 1.82) is 0 Å². The molecule has 0 aliphatic rings. The average molecular weight is 413 g/mol. The van der Waals surface area contributed by atoms with Gasteiger partial charge in [0.15, 0.2) is 18.0 Å². The molecule has 0 atom stereocenters. The lowest BCUT2D eigenvalue weighted by molar-refractivity contribution is -0.671. The van der Waals surface area contributed by atoms with Crippen molar-refractivity contribution in [2.75, 3.05) is 5.32 Å². The number of pyridine rings is 1. The third-order valence-corrected chi connectivity index (χ3v) is 4.61. The van der Waals surface area contributed by atoms with Crippen LogP contribution in [0.4, 0.5) is 10.2 Å². The summed E-state index contributed by atoms with van der Waals surface area (Å²) in [5, 5.41) is 7.73. The minimum absolute atomic E-state index is 0.305. The molecule has 0 bridgehead atoms. The standard InChI is InChI=1S/C19H16BrFN5/c1-25-8-4-5-13(12-25)10-22-18-9-17(14-6-2-3-7-16(14)21)24-19-15(20)11-23-26(18)19/h2-9,11-12,22H,10H2,1H3/q+1. The lowest BCUT2D eigenvalue weighted by Crippen LogP contribution is -2.27. The number of halogens is 2. The van der Waals surface area contributed by atoms with E-state index in [0.29, 0.717) is 23.4 Å². The molecule has 3 aromatic heterocycles. The molecule has 130 valence electrons. The van der Waals surface area contributed by atoms with Crippen LogP contribution in [0.25, 0.3) is 16.9 Å². The smallest absolute Gasteiger partial charge is 0.173 e. The SMILES string of the molecule is C[n+]1cccc(CNc2cc(-c3ccccc3F)nc3c(Br)cnn23)c1. The summed E-state index contributed by atoms with van der Waals surface area (Å²) in [6.45, 7) is 0.613. The number of rotatable bonds is 4. The van der Waals surface area contributed by atoms with Gasteiger partial charge in [0.25, 0.3) is 0 Å².